The van der Waals surface area contributed by atoms with Crippen molar-refractivity contribution in [1.29, 1.82) is 0 Å². The second-order valence-corrected chi connectivity index (χ2v) is 4.94. The van der Waals surface area contributed by atoms with E-state index in [9.17, 15) is 4.79 Å². The van der Waals surface area contributed by atoms with Crippen LogP contribution in [0.1, 0.15) is 10.4 Å². The first-order chi connectivity index (χ1) is 8.15. The molecule has 0 aliphatic rings. The zero-order valence-corrected chi connectivity index (χ0v) is 11.0. The Hall–Kier alpha value is -1.13. The average Bonchev–Trinajstić information content (AvgIpc) is 2.32. The highest BCUT2D eigenvalue weighted by molar-refractivity contribution is 7.99. The third-order valence-electron chi connectivity index (χ3n) is 2.03. The van der Waals surface area contributed by atoms with Gasteiger partial charge in [0, 0.05) is 28.8 Å². The molecular formula is C12H15ClN2OS. The minimum absolute atomic E-state index is 0.191. The largest absolute Gasteiger partial charge is 0.398 e. The van der Waals surface area contributed by atoms with Gasteiger partial charge in [-0.15, -0.1) is 6.58 Å². The van der Waals surface area contributed by atoms with E-state index in [4.69, 9.17) is 17.3 Å². The summed E-state index contributed by atoms with van der Waals surface area (Å²) < 4.78 is 0. The van der Waals surface area contributed by atoms with E-state index in [-0.39, 0.29) is 5.91 Å². The van der Waals surface area contributed by atoms with E-state index in [1.165, 1.54) is 0 Å². The van der Waals surface area contributed by atoms with E-state index in [0.717, 1.165) is 11.5 Å². The number of thioether (sulfide) groups is 1. The van der Waals surface area contributed by atoms with Crippen molar-refractivity contribution in [3.63, 3.8) is 0 Å². The molecule has 0 atom stereocenters. The Morgan fingerprint density at radius 1 is 1.59 bits per heavy atom. The fourth-order valence-corrected chi connectivity index (χ4v) is 1.98. The standard InChI is InChI=1S/C12H15ClN2OS/c1-2-6-17-7-5-15-12(16)10-8-9(13)3-4-11(10)14/h2-4,8H,1,5-7,14H2,(H,15,16). The zero-order chi connectivity index (χ0) is 12.7. The highest BCUT2D eigenvalue weighted by atomic mass is 35.5. The van der Waals surface area contributed by atoms with Crippen molar-refractivity contribution >= 4 is 35.0 Å². The summed E-state index contributed by atoms with van der Waals surface area (Å²) in [5.41, 5.74) is 6.56. The molecular weight excluding hydrogens is 256 g/mol. The van der Waals surface area contributed by atoms with Crippen molar-refractivity contribution in [3.05, 3.63) is 41.4 Å². The number of carbonyl (C=O) groups is 1. The van der Waals surface area contributed by atoms with Crippen LogP contribution in [0.25, 0.3) is 0 Å². The molecule has 0 aromatic heterocycles. The van der Waals surface area contributed by atoms with Crippen LogP contribution in [0.3, 0.4) is 0 Å². The molecule has 0 aliphatic carbocycles. The van der Waals surface area contributed by atoms with Gasteiger partial charge in [0.25, 0.3) is 5.91 Å². The Bertz CT molecular complexity index is 409. The smallest absolute Gasteiger partial charge is 0.253 e. The number of anilines is 1. The predicted molar refractivity (Wildman–Crippen MR) is 75.7 cm³/mol. The molecule has 17 heavy (non-hydrogen) atoms. The van der Waals surface area contributed by atoms with Crippen molar-refractivity contribution in [2.75, 3.05) is 23.8 Å². The van der Waals surface area contributed by atoms with E-state index >= 15 is 0 Å². The van der Waals surface area contributed by atoms with Gasteiger partial charge in [-0.05, 0) is 18.2 Å². The van der Waals surface area contributed by atoms with Gasteiger partial charge in [-0.2, -0.15) is 11.8 Å². The van der Waals surface area contributed by atoms with Crippen LogP contribution in [-0.2, 0) is 0 Å². The highest BCUT2D eigenvalue weighted by Crippen LogP contribution is 2.17. The van der Waals surface area contributed by atoms with Crippen LogP contribution in [0.15, 0.2) is 30.9 Å². The molecule has 5 heteroatoms. The molecule has 3 N–H and O–H groups in total. The topological polar surface area (TPSA) is 55.1 Å². The van der Waals surface area contributed by atoms with Gasteiger partial charge in [0.2, 0.25) is 0 Å². The molecule has 0 heterocycles. The Morgan fingerprint density at radius 2 is 2.35 bits per heavy atom. The second-order valence-electron chi connectivity index (χ2n) is 3.35. The summed E-state index contributed by atoms with van der Waals surface area (Å²) in [6, 6.07) is 4.86. The van der Waals surface area contributed by atoms with Gasteiger partial charge in [0.15, 0.2) is 0 Å². The van der Waals surface area contributed by atoms with Crippen LogP contribution in [-0.4, -0.2) is 24.0 Å². The Balaban J connectivity index is 2.46. The molecule has 1 rings (SSSR count). The molecule has 0 bridgehead atoms. The number of hydrogen-bond donors (Lipinski definition) is 2. The molecule has 0 unspecified atom stereocenters. The summed E-state index contributed by atoms with van der Waals surface area (Å²) >= 11 is 7.52. The fraction of sp³-hybridized carbons (Fsp3) is 0.250. The molecule has 1 amide bonds. The molecule has 0 saturated carbocycles. The monoisotopic (exact) mass is 270 g/mol. The quantitative estimate of drug-likeness (QED) is 0.475. The van der Waals surface area contributed by atoms with Gasteiger partial charge in [0.1, 0.15) is 0 Å². The maximum absolute atomic E-state index is 11.8. The van der Waals surface area contributed by atoms with Gasteiger partial charge in [0.05, 0.1) is 5.56 Å². The van der Waals surface area contributed by atoms with Crippen LogP contribution in [0, 0.1) is 0 Å². The van der Waals surface area contributed by atoms with E-state index in [1.54, 1.807) is 30.0 Å². The maximum Gasteiger partial charge on any atom is 0.253 e. The van der Waals surface area contributed by atoms with Crippen molar-refractivity contribution < 1.29 is 4.79 Å². The minimum Gasteiger partial charge on any atom is -0.398 e. The molecule has 0 spiro atoms. The first-order valence-electron chi connectivity index (χ1n) is 5.17. The number of hydrogen-bond acceptors (Lipinski definition) is 3. The number of carbonyl (C=O) groups excluding carboxylic acids is 1. The molecule has 0 fully saturated rings. The van der Waals surface area contributed by atoms with Crippen LogP contribution in [0.2, 0.25) is 5.02 Å². The summed E-state index contributed by atoms with van der Waals surface area (Å²) in [5.74, 6) is 1.54. The summed E-state index contributed by atoms with van der Waals surface area (Å²) in [4.78, 5) is 11.8. The van der Waals surface area contributed by atoms with Crippen LogP contribution in [0.4, 0.5) is 5.69 Å². The molecule has 1 aromatic carbocycles. The van der Waals surface area contributed by atoms with E-state index in [1.807, 2.05) is 6.08 Å². The third kappa shape index (κ3) is 4.71. The lowest BCUT2D eigenvalue weighted by molar-refractivity contribution is 0.0957. The van der Waals surface area contributed by atoms with Crippen molar-refractivity contribution in [1.82, 2.24) is 5.32 Å². The van der Waals surface area contributed by atoms with Crippen LogP contribution < -0.4 is 11.1 Å². The van der Waals surface area contributed by atoms with E-state index in [2.05, 4.69) is 11.9 Å². The lowest BCUT2D eigenvalue weighted by atomic mass is 10.1. The fourth-order valence-electron chi connectivity index (χ4n) is 1.22. The summed E-state index contributed by atoms with van der Waals surface area (Å²) in [7, 11) is 0. The van der Waals surface area contributed by atoms with E-state index < -0.39 is 0 Å². The van der Waals surface area contributed by atoms with Crippen molar-refractivity contribution in [2.45, 2.75) is 0 Å². The Kier molecular flexibility index (Phi) is 5.94. The normalized spacial score (nSPS) is 9.94. The van der Waals surface area contributed by atoms with Crippen molar-refractivity contribution in [3.8, 4) is 0 Å². The highest BCUT2D eigenvalue weighted by Gasteiger charge is 2.09. The molecule has 0 aliphatic heterocycles. The van der Waals surface area contributed by atoms with Crippen LogP contribution in [0.5, 0.6) is 0 Å². The molecule has 92 valence electrons. The van der Waals surface area contributed by atoms with Crippen LogP contribution >= 0.6 is 23.4 Å². The predicted octanol–water partition coefficient (Wildman–Crippen LogP) is 2.57. The first-order valence-corrected chi connectivity index (χ1v) is 6.70. The van der Waals surface area contributed by atoms with E-state index in [0.29, 0.717) is 22.8 Å². The molecule has 3 nitrogen and oxygen atoms in total. The number of nitrogen functional groups attached to an aromatic ring is 1. The number of nitrogens with two attached hydrogens (primary N) is 1. The average molecular weight is 271 g/mol. The van der Waals surface area contributed by atoms with Gasteiger partial charge >= 0.3 is 0 Å². The number of rotatable bonds is 6. The Morgan fingerprint density at radius 3 is 3.06 bits per heavy atom. The number of benzene rings is 1. The summed E-state index contributed by atoms with van der Waals surface area (Å²) in [5, 5.41) is 3.30. The summed E-state index contributed by atoms with van der Waals surface area (Å²) in [6.07, 6.45) is 1.83. The maximum atomic E-state index is 11.8. The number of nitrogens with one attached hydrogen (secondary N) is 1. The third-order valence-corrected chi connectivity index (χ3v) is 3.23. The van der Waals surface area contributed by atoms with Gasteiger partial charge in [-0.1, -0.05) is 17.7 Å². The van der Waals surface area contributed by atoms with Crippen molar-refractivity contribution in [2.24, 2.45) is 0 Å². The molecule has 0 radical (unpaired) electrons. The summed E-state index contributed by atoms with van der Waals surface area (Å²) in [6.45, 7) is 4.22. The first kappa shape index (κ1) is 13.9. The Labute approximate surface area is 110 Å². The molecule has 1 aromatic rings. The zero-order valence-electron chi connectivity index (χ0n) is 9.41. The van der Waals surface area contributed by atoms with Gasteiger partial charge in [-0.25, -0.2) is 0 Å². The lowest BCUT2D eigenvalue weighted by Crippen LogP contribution is -2.26. The second kappa shape index (κ2) is 7.25. The minimum atomic E-state index is -0.191. The van der Waals surface area contributed by atoms with Gasteiger partial charge < -0.3 is 11.1 Å². The van der Waals surface area contributed by atoms with Gasteiger partial charge in [-0.3, -0.25) is 4.79 Å². The molecule has 0 saturated heterocycles. The lowest BCUT2D eigenvalue weighted by Gasteiger charge is -2.07. The number of amides is 1. The SMILES string of the molecule is C=CCSCCNC(=O)c1cc(Cl)ccc1N. The number of halogens is 1.